The maximum absolute atomic E-state index is 12.3. The molecule has 0 aliphatic rings. The molecule has 0 bridgehead atoms. The lowest BCUT2D eigenvalue weighted by Gasteiger charge is -2.09. The van der Waals surface area contributed by atoms with Gasteiger partial charge in [0.15, 0.2) is 5.82 Å². The van der Waals surface area contributed by atoms with E-state index in [1.54, 1.807) is 13.0 Å². The minimum absolute atomic E-state index is 0.00531. The largest absolute Gasteiger partial charge is 0.263 e. The molecule has 0 spiro atoms. The van der Waals surface area contributed by atoms with Gasteiger partial charge >= 0.3 is 0 Å². The van der Waals surface area contributed by atoms with E-state index in [0.717, 1.165) is 0 Å². The molecule has 8 heteroatoms. The molecule has 2 N–H and O–H groups in total. The van der Waals surface area contributed by atoms with Gasteiger partial charge in [0, 0.05) is 0 Å². The minimum Gasteiger partial charge on any atom is -0.263 e. The number of anilines is 1. The Hall–Kier alpha value is -2.84. The molecule has 7 nitrogen and oxygen atoms in total. The summed E-state index contributed by atoms with van der Waals surface area (Å²) in [5, 5.41) is 23.7. The number of H-pyrrole nitrogens is 1. The first-order valence-corrected chi connectivity index (χ1v) is 6.93. The van der Waals surface area contributed by atoms with Crippen molar-refractivity contribution in [3.63, 3.8) is 0 Å². The molecule has 2 rings (SSSR count). The number of hydrogen-bond acceptors (Lipinski definition) is 5. The quantitative estimate of drug-likeness (QED) is 0.879. The van der Waals surface area contributed by atoms with Crippen LogP contribution in [0.2, 0.25) is 0 Å². The SMILES string of the molecule is Cc1ccc(C#N)cc1S(=O)(=O)Nc1[nH]ncc1C#N. The van der Waals surface area contributed by atoms with Crippen LogP contribution < -0.4 is 4.72 Å². The highest BCUT2D eigenvalue weighted by Crippen LogP contribution is 2.21. The van der Waals surface area contributed by atoms with Crippen LogP contribution in [0.5, 0.6) is 0 Å². The molecule has 20 heavy (non-hydrogen) atoms. The highest BCUT2D eigenvalue weighted by atomic mass is 32.2. The maximum atomic E-state index is 12.3. The Bertz CT molecular complexity index is 839. The molecule has 0 radical (unpaired) electrons. The number of benzene rings is 1. The smallest absolute Gasteiger partial charge is 0.263 e. The monoisotopic (exact) mass is 287 g/mol. The number of nitrogens with zero attached hydrogens (tertiary/aromatic N) is 3. The van der Waals surface area contributed by atoms with Gasteiger partial charge in [-0.05, 0) is 24.6 Å². The molecular formula is C12H9N5O2S. The highest BCUT2D eigenvalue weighted by molar-refractivity contribution is 7.92. The van der Waals surface area contributed by atoms with Crippen molar-refractivity contribution in [1.82, 2.24) is 10.2 Å². The second kappa shape index (κ2) is 5.03. The zero-order chi connectivity index (χ0) is 14.8. The van der Waals surface area contributed by atoms with E-state index in [1.807, 2.05) is 12.1 Å². The molecule has 1 aromatic carbocycles. The number of rotatable bonds is 3. The average molecular weight is 287 g/mol. The molecule has 100 valence electrons. The first-order chi connectivity index (χ1) is 9.47. The van der Waals surface area contributed by atoms with Crippen LogP contribution in [0.25, 0.3) is 0 Å². The van der Waals surface area contributed by atoms with Crippen LogP contribution in [0.15, 0.2) is 29.3 Å². The van der Waals surface area contributed by atoms with Crippen molar-refractivity contribution in [2.75, 3.05) is 4.72 Å². The van der Waals surface area contributed by atoms with E-state index in [1.165, 1.54) is 18.3 Å². The van der Waals surface area contributed by atoms with Crippen LogP contribution in [0.3, 0.4) is 0 Å². The van der Waals surface area contributed by atoms with E-state index in [4.69, 9.17) is 10.5 Å². The molecule has 2 aromatic rings. The number of nitrogens with one attached hydrogen (secondary N) is 2. The molecule has 0 unspecified atom stereocenters. The van der Waals surface area contributed by atoms with E-state index < -0.39 is 10.0 Å². The topological polar surface area (TPSA) is 122 Å². The first kappa shape index (κ1) is 13.6. The normalized spacial score (nSPS) is 10.6. The van der Waals surface area contributed by atoms with Gasteiger partial charge in [-0.3, -0.25) is 9.82 Å². The Morgan fingerprint density at radius 1 is 1.30 bits per heavy atom. The fraction of sp³-hybridized carbons (Fsp3) is 0.0833. The molecule has 0 fully saturated rings. The van der Waals surface area contributed by atoms with E-state index in [2.05, 4.69) is 14.9 Å². The third-order valence-corrected chi connectivity index (χ3v) is 4.09. The minimum atomic E-state index is -3.90. The molecule has 0 atom stereocenters. The predicted molar refractivity (Wildman–Crippen MR) is 70.0 cm³/mol. The second-order valence-corrected chi connectivity index (χ2v) is 5.62. The second-order valence-electron chi connectivity index (χ2n) is 3.97. The van der Waals surface area contributed by atoms with Gasteiger partial charge in [-0.1, -0.05) is 6.07 Å². The van der Waals surface area contributed by atoms with Crippen molar-refractivity contribution < 1.29 is 8.42 Å². The Labute approximate surface area is 115 Å². The Morgan fingerprint density at radius 3 is 2.70 bits per heavy atom. The number of aromatic amines is 1. The standard InChI is InChI=1S/C12H9N5O2S/c1-8-2-3-9(5-13)4-11(8)20(18,19)17-12-10(6-14)7-15-16-12/h2-4,7H,1H3,(H2,15,16,17). The van der Waals surface area contributed by atoms with Gasteiger partial charge < -0.3 is 0 Å². The van der Waals surface area contributed by atoms with Crippen molar-refractivity contribution in [3.05, 3.63) is 41.1 Å². The number of hydrogen-bond donors (Lipinski definition) is 2. The lowest BCUT2D eigenvalue weighted by molar-refractivity contribution is 0.600. The van der Waals surface area contributed by atoms with Gasteiger partial charge in [0.1, 0.15) is 11.6 Å². The van der Waals surface area contributed by atoms with Crippen LogP contribution >= 0.6 is 0 Å². The third kappa shape index (κ3) is 2.46. The fourth-order valence-corrected chi connectivity index (χ4v) is 2.91. The number of nitriles is 2. The van der Waals surface area contributed by atoms with Crippen LogP contribution in [-0.4, -0.2) is 18.6 Å². The number of aryl methyl sites for hydroxylation is 1. The van der Waals surface area contributed by atoms with Crippen molar-refractivity contribution in [2.45, 2.75) is 11.8 Å². The van der Waals surface area contributed by atoms with E-state index in [9.17, 15) is 8.42 Å². The molecule has 0 saturated heterocycles. The highest BCUT2D eigenvalue weighted by Gasteiger charge is 2.20. The number of sulfonamides is 1. The van der Waals surface area contributed by atoms with Crippen molar-refractivity contribution in [2.24, 2.45) is 0 Å². The lowest BCUT2D eigenvalue weighted by Crippen LogP contribution is -2.15. The van der Waals surface area contributed by atoms with Crippen molar-refractivity contribution >= 4 is 15.8 Å². The summed E-state index contributed by atoms with van der Waals surface area (Å²) in [5.41, 5.74) is 0.818. The van der Waals surface area contributed by atoms with Gasteiger partial charge in [0.2, 0.25) is 0 Å². The lowest BCUT2D eigenvalue weighted by atomic mass is 10.2. The Balaban J connectivity index is 2.47. The summed E-state index contributed by atoms with van der Waals surface area (Å²) in [6.45, 7) is 1.62. The van der Waals surface area contributed by atoms with E-state index in [-0.39, 0.29) is 21.8 Å². The van der Waals surface area contributed by atoms with Crippen LogP contribution in [0.1, 0.15) is 16.7 Å². The summed E-state index contributed by atoms with van der Waals surface area (Å²) < 4.78 is 26.8. The zero-order valence-electron chi connectivity index (χ0n) is 10.4. The van der Waals surface area contributed by atoms with Crippen LogP contribution in [0.4, 0.5) is 5.82 Å². The average Bonchev–Trinajstić information content (AvgIpc) is 2.85. The fourth-order valence-electron chi connectivity index (χ4n) is 1.60. The molecule has 1 aromatic heterocycles. The summed E-state index contributed by atoms with van der Waals surface area (Å²) in [6.07, 6.45) is 1.22. The summed E-state index contributed by atoms with van der Waals surface area (Å²) in [4.78, 5) is -0.0185. The molecular weight excluding hydrogens is 278 g/mol. The molecule has 0 aliphatic carbocycles. The summed E-state index contributed by atoms with van der Waals surface area (Å²) in [7, 11) is -3.90. The van der Waals surface area contributed by atoms with E-state index >= 15 is 0 Å². The third-order valence-electron chi connectivity index (χ3n) is 2.60. The number of aromatic nitrogens is 2. The Kier molecular flexibility index (Phi) is 3.42. The maximum Gasteiger partial charge on any atom is 0.263 e. The zero-order valence-corrected chi connectivity index (χ0v) is 11.2. The molecule has 0 saturated carbocycles. The first-order valence-electron chi connectivity index (χ1n) is 5.45. The predicted octanol–water partition coefficient (Wildman–Crippen LogP) is 1.26. The Morgan fingerprint density at radius 2 is 2.05 bits per heavy atom. The van der Waals surface area contributed by atoms with Gasteiger partial charge in [0.25, 0.3) is 10.0 Å². The van der Waals surface area contributed by atoms with E-state index in [0.29, 0.717) is 5.56 Å². The molecule has 0 aliphatic heterocycles. The van der Waals surface area contributed by atoms with Crippen molar-refractivity contribution in [3.8, 4) is 12.1 Å². The van der Waals surface area contributed by atoms with Crippen LogP contribution in [-0.2, 0) is 10.0 Å². The van der Waals surface area contributed by atoms with Gasteiger partial charge in [-0.2, -0.15) is 15.6 Å². The van der Waals surface area contributed by atoms with Crippen molar-refractivity contribution in [1.29, 1.82) is 10.5 Å². The molecule has 1 heterocycles. The molecule has 0 amide bonds. The van der Waals surface area contributed by atoms with Gasteiger partial charge in [-0.15, -0.1) is 0 Å². The summed E-state index contributed by atoms with van der Waals surface area (Å²) in [6, 6.07) is 8.05. The van der Waals surface area contributed by atoms with Crippen LogP contribution in [0, 0.1) is 29.6 Å². The van der Waals surface area contributed by atoms with Gasteiger partial charge in [-0.25, -0.2) is 8.42 Å². The summed E-state index contributed by atoms with van der Waals surface area (Å²) in [5.74, 6) is -0.00531. The summed E-state index contributed by atoms with van der Waals surface area (Å²) >= 11 is 0. The van der Waals surface area contributed by atoms with Gasteiger partial charge in [0.05, 0.1) is 22.7 Å².